The monoisotopic (exact) mass is 701 g/mol. The van der Waals surface area contributed by atoms with Gasteiger partial charge in [0.25, 0.3) is 0 Å². The molecular weight excluding hydrogens is 616 g/mol. The lowest BCUT2D eigenvalue weighted by molar-refractivity contribution is 0.139. The number of piperidine rings is 1. The maximum atomic E-state index is 5.57. The minimum atomic E-state index is 0.425. The second-order valence-corrected chi connectivity index (χ2v) is 14.1. The Morgan fingerprint density at radius 2 is 1.10 bits per heavy atom. The number of nitrogens with zero attached hydrogens (tertiary/aromatic N) is 3. The van der Waals surface area contributed by atoms with Gasteiger partial charge in [-0.05, 0) is 105 Å². The lowest BCUT2D eigenvalue weighted by atomic mass is 10.1. The lowest BCUT2D eigenvalue weighted by Gasteiger charge is -2.26. The molecule has 49 heavy (non-hydrogen) atoms. The number of piperazine rings is 2. The van der Waals surface area contributed by atoms with Gasteiger partial charge in [0, 0.05) is 117 Å². The first-order valence-corrected chi connectivity index (χ1v) is 20.0. The van der Waals surface area contributed by atoms with Gasteiger partial charge < -0.3 is 62.8 Å². The van der Waals surface area contributed by atoms with Crippen molar-refractivity contribution >= 4 is 0 Å². The predicted molar refractivity (Wildman–Crippen MR) is 211 cm³/mol. The number of hydrogen-bond donors (Lipinski definition) is 9. The van der Waals surface area contributed by atoms with Crippen molar-refractivity contribution in [1.82, 2.24) is 57.2 Å². The van der Waals surface area contributed by atoms with Gasteiger partial charge in [0.05, 0.1) is 6.61 Å². The highest BCUT2D eigenvalue weighted by Gasteiger charge is 2.11. The Bertz CT molecular complexity index is 626. The van der Waals surface area contributed by atoms with E-state index in [1.54, 1.807) is 7.11 Å². The fourth-order valence-electron chi connectivity index (χ4n) is 6.12. The van der Waals surface area contributed by atoms with Crippen molar-refractivity contribution < 1.29 is 4.74 Å². The van der Waals surface area contributed by atoms with Crippen molar-refractivity contribution in [1.29, 1.82) is 0 Å². The third-order valence-electron chi connectivity index (χ3n) is 9.26. The van der Waals surface area contributed by atoms with E-state index in [4.69, 9.17) is 10.5 Å². The van der Waals surface area contributed by atoms with Gasteiger partial charge >= 0.3 is 0 Å². The van der Waals surface area contributed by atoms with Crippen molar-refractivity contribution in [3.63, 3.8) is 0 Å². The summed E-state index contributed by atoms with van der Waals surface area (Å²) in [5.74, 6) is 0. The number of nitrogens with two attached hydrogens (primary N) is 1. The fourth-order valence-corrected chi connectivity index (χ4v) is 6.12. The molecule has 0 aromatic rings. The summed E-state index contributed by atoms with van der Waals surface area (Å²) in [4.78, 5) is 7.26. The molecule has 0 aliphatic carbocycles. The summed E-state index contributed by atoms with van der Waals surface area (Å²) < 4.78 is 4.98. The number of methoxy groups -OCH3 is 1. The topological polar surface area (TPSA) is 141 Å². The highest BCUT2D eigenvalue weighted by molar-refractivity contribution is 4.77. The molecule has 3 unspecified atom stereocenters. The zero-order valence-electron chi connectivity index (χ0n) is 32.9. The van der Waals surface area contributed by atoms with Gasteiger partial charge in [-0.1, -0.05) is 6.92 Å². The van der Waals surface area contributed by atoms with Gasteiger partial charge in [0.1, 0.15) is 0 Å². The first-order chi connectivity index (χ1) is 23.9. The molecule has 0 saturated carbocycles. The molecule has 6 aliphatic heterocycles. The Labute approximate surface area is 303 Å². The van der Waals surface area contributed by atoms with Crippen LogP contribution in [0.15, 0.2) is 0 Å². The van der Waals surface area contributed by atoms with Crippen LogP contribution in [-0.4, -0.2) is 198 Å². The summed E-state index contributed by atoms with van der Waals surface area (Å²) in [6.45, 7) is 33.2. The van der Waals surface area contributed by atoms with Crippen molar-refractivity contribution in [3.8, 4) is 0 Å². The zero-order valence-corrected chi connectivity index (χ0v) is 32.9. The van der Waals surface area contributed by atoms with Crippen molar-refractivity contribution in [3.05, 3.63) is 0 Å². The van der Waals surface area contributed by atoms with Crippen LogP contribution < -0.4 is 48.3 Å². The summed E-state index contributed by atoms with van der Waals surface area (Å²) >= 11 is 0. The normalized spacial score (nSPS) is 27.4. The lowest BCUT2D eigenvalue weighted by Crippen LogP contribution is -2.52. The predicted octanol–water partition coefficient (Wildman–Crippen LogP) is -1.03. The van der Waals surface area contributed by atoms with Crippen LogP contribution in [0.2, 0.25) is 0 Å². The highest BCUT2D eigenvalue weighted by Crippen LogP contribution is 1.96. The van der Waals surface area contributed by atoms with Crippen LogP contribution in [0, 0.1) is 0 Å². The number of rotatable bonds is 4. The Balaban J connectivity index is 0.000000295. The second kappa shape index (κ2) is 34.6. The number of hydrogen-bond acceptors (Lipinski definition) is 13. The summed E-state index contributed by atoms with van der Waals surface area (Å²) in [5, 5.41) is 26.5. The first-order valence-electron chi connectivity index (χ1n) is 20.0. The van der Waals surface area contributed by atoms with Gasteiger partial charge in [0.2, 0.25) is 0 Å². The van der Waals surface area contributed by atoms with E-state index in [9.17, 15) is 0 Å². The van der Waals surface area contributed by atoms with Crippen LogP contribution in [0.25, 0.3) is 0 Å². The molecule has 6 aliphatic rings. The van der Waals surface area contributed by atoms with Crippen LogP contribution in [0.3, 0.4) is 0 Å². The molecule has 13 nitrogen and oxygen atoms in total. The summed E-state index contributed by atoms with van der Waals surface area (Å²) in [5.41, 5.74) is 5.57. The van der Waals surface area contributed by atoms with E-state index in [1.165, 1.54) is 111 Å². The quantitative estimate of drug-likeness (QED) is 0.177. The molecular formula is C36H84N12O. The summed E-state index contributed by atoms with van der Waals surface area (Å²) in [7, 11) is 3.93. The van der Waals surface area contributed by atoms with Crippen LogP contribution in [0.5, 0.6) is 0 Å². The molecule has 6 heterocycles. The van der Waals surface area contributed by atoms with Gasteiger partial charge in [-0.3, -0.25) is 4.90 Å². The zero-order chi connectivity index (χ0) is 35.6. The number of nitrogens with one attached hydrogen (secondary N) is 8. The van der Waals surface area contributed by atoms with E-state index in [0.717, 1.165) is 72.1 Å². The average Bonchev–Trinajstić information content (AvgIpc) is 3.68. The SMILES string of the molecule is C1CNCCNC1.CC1CNCC(C)N1.CCN1CCCNCC1.CN1CCCNCC1.COCCN1CCNCC1.NC1CCCNC1. The molecule has 6 saturated heterocycles. The maximum absolute atomic E-state index is 5.57. The van der Waals surface area contributed by atoms with E-state index in [2.05, 4.69) is 85.1 Å². The van der Waals surface area contributed by atoms with Crippen LogP contribution in [0.1, 0.15) is 52.9 Å². The molecule has 13 heteroatoms. The van der Waals surface area contributed by atoms with Gasteiger partial charge in [-0.2, -0.15) is 0 Å². The van der Waals surface area contributed by atoms with Gasteiger partial charge in [-0.15, -0.1) is 0 Å². The summed E-state index contributed by atoms with van der Waals surface area (Å²) in [6, 6.07) is 1.73. The Kier molecular flexibility index (Phi) is 32.8. The van der Waals surface area contributed by atoms with E-state index in [0.29, 0.717) is 18.1 Å². The molecule has 10 N–H and O–H groups in total. The number of ether oxygens (including phenoxy) is 1. The fraction of sp³-hybridized carbons (Fsp3) is 1.00. The smallest absolute Gasteiger partial charge is 0.0589 e. The summed E-state index contributed by atoms with van der Waals surface area (Å²) in [6.07, 6.45) is 6.35. The Morgan fingerprint density at radius 3 is 1.61 bits per heavy atom. The van der Waals surface area contributed by atoms with E-state index in [-0.39, 0.29) is 0 Å². The Morgan fingerprint density at radius 1 is 0.571 bits per heavy atom. The third kappa shape index (κ3) is 30.8. The van der Waals surface area contributed by atoms with Crippen molar-refractivity contribution in [2.75, 3.05) is 165 Å². The molecule has 6 fully saturated rings. The molecule has 0 bridgehead atoms. The third-order valence-corrected chi connectivity index (χ3v) is 9.26. The largest absolute Gasteiger partial charge is 0.383 e. The molecule has 0 amide bonds. The molecule has 3 atom stereocenters. The second-order valence-electron chi connectivity index (χ2n) is 14.1. The maximum Gasteiger partial charge on any atom is 0.0589 e. The van der Waals surface area contributed by atoms with E-state index in [1.807, 2.05) is 0 Å². The minimum absolute atomic E-state index is 0.425. The molecule has 0 radical (unpaired) electrons. The number of likely N-dealkylation sites (N-methyl/N-ethyl adjacent to an activating group) is 2. The van der Waals surface area contributed by atoms with Gasteiger partial charge in [-0.25, -0.2) is 0 Å². The van der Waals surface area contributed by atoms with Crippen LogP contribution in [-0.2, 0) is 4.74 Å². The van der Waals surface area contributed by atoms with Crippen LogP contribution in [0.4, 0.5) is 0 Å². The standard InChI is InChI=1S/C7H16N2O.C7H16N2.2C6H14N2.2C5H12N2/c1-10-7-6-9-4-2-8-3-5-9;1-2-9-6-3-4-8-5-7-9;1-5-3-7-4-6(2)8-5;1-8-5-2-3-7-4-6-8;1-2-6-4-5-7-3-1;6-5-2-1-3-7-4-5/h8H,2-7H2,1H3;8H,2-7H2,1H3;5-8H,3-4H2,1-2H3;7H,2-6H2,1H3;6-7H,1-5H2;5,7H,1-4,6H2. The average molecular weight is 701 g/mol. The van der Waals surface area contributed by atoms with Gasteiger partial charge in [0.15, 0.2) is 0 Å². The molecule has 6 rings (SSSR count). The molecule has 294 valence electrons. The molecule has 0 spiro atoms. The Hall–Kier alpha value is -0.520. The first kappa shape index (κ1) is 46.5. The molecule has 0 aromatic carbocycles. The minimum Gasteiger partial charge on any atom is -0.383 e. The van der Waals surface area contributed by atoms with Crippen LogP contribution >= 0.6 is 0 Å². The van der Waals surface area contributed by atoms with E-state index < -0.39 is 0 Å². The van der Waals surface area contributed by atoms with E-state index >= 15 is 0 Å². The molecule has 0 aromatic heterocycles. The highest BCUT2D eigenvalue weighted by atomic mass is 16.5. The van der Waals surface area contributed by atoms with Crippen molar-refractivity contribution in [2.45, 2.75) is 71.0 Å². The van der Waals surface area contributed by atoms with Crippen molar-refractivity contribution in [2.24, 2.45) is 5.73 Å².